The van der Waals surface area contributed by atoms with Crippen molar-refractivity contribution in [1.29, 1.82) is 0 Å². The molecule has 0 aliphatic carbocycles. The largest absolute Gasteiger partial charge is 0.464 e. The highest BCUT2D eigenvalue weighted by atomic mass is 16.5. The van der Waals surface area contributed by atoms with Crippen LogP contribution in [0, 0.1) is 13.8 Å². The zero-order chi connectivity index (χ0) is 16.2. The molecule has 7 heteroatoms. The van der Waals surface area contributed by atoms with E-state index in [2.05, 4.69) is 10.4 Å². The van der Waals surface area contributed by atoms with Gasteiger partial charge >= 0.3 is 6.03 Å². The fraction of sp³-hybridized carbons (Fsp3) is 0.500. The average Bonchev–Trinajstić information content (AvgIpc) is 3.17. The van der Waals surface area contributed by atoms with Gasteiger partial charge < -0.3 is 19.4 Å². The number of aromatic nitrogens is 2. The first-order chi connectivity index (χ1) is 11.2. The van der Waals surface area contributed by atoms with Crippen LogP contribution in [-0.4, -0.2) is 53.6 Å². The minimum Gasteiger partial charge on any atom is -0.464 e. The van der Waals surface area contributed by atoms with Crippen molar-refractivity contribution < 1.29 is 13.9 Å². The molecule has 3 heterocycles. The number of nitrogens with zero attached hydrogens (tertiary/aromatic N) is 3. The molecule has 1 aliphatic heterocycles. The summed E-state index contributed by atoms with van der Waals surface area (Å²) in [7, 11) is 0. The summed E-state index contributed by atoms with van der Waals surface area (Å²) in [5.41, 5.74) is 2.99. The van der Waals surface area contributed by atoms with Crippen LogP contribution in [-0.2, 0) is 11.3 Å². The van der Waals surface area contributed by atoms with Gasteiger partial charge in [0.05, 0.1) is 37.3 Å². The predicted octanol–water partition coefficient (Wildman–Crippen LogP) is 1.80. The van der Waals surface area contributed by atoms with Gasteiger partial charge in [-0.05, 0) is 26.0 Å². The number of nitrogens with one attached hydrogen (secondary N) is 1. The van der Waals surface area contributed by atoms with Gasteiger partial charge in [0.1, 0.15) is 5.76 Å². The van der Waals surface area contributed by atoms with E-state index in [0.29, 0.717) is 39.4 Å². The Morgan fingerprint density at radius 3 is 2.83 bits per heavy atom. The third-order valence-corrected chi connectivity index (χ3v) is 4.05. The number of aryl methyl sites for hydroxylation is 1. The number of furan rings is 1. The van der Waals surface area contributed by atoms with E-state index in [4.69, 9.17) is 9.15 Å². The molecule has 0 radical (unpaired) electrons. The molecule has 1 fully saturated rings. The zero-order valence-corrected chi connectivity index (χ0v) is 13.5. The molecule has 0 unspecified atom stereocenters. The maximum atomic E-state index is 12.0. The quantitative estimate of drug-likeness (QED) is 0.933. The zero-order valence-electron chi connectivity index (χ0n) is 13.5. The number of carbonyl (C=O) groups excluding carboxylic acids is 1. The fourth-order valence-corrected chi connectivity index (χ4v) is 2.84. The number of amides is 2. The van der Waals surface area contributed by atoms with E-state index in [-0.39, 0.29) is 6.03 Å². The first kappa shape index (κ1) is 15.6. The summed E-state index contributed by atoms with van der Waals surface area (Å²) in [6.45, 7) is 7.66. The molecule has 1 aliphatic rings. The smallest absolute Gasteiger partial charge is 0.317 e. The van der Waals surface area contributed by atoms with Crippen molar-refractivity contribution >= 4 is 6.03 Å². The van der Waals surface area contributed by atoms with Crippen molar-refractivity contribution in [3.63, 3.8) is 0 Å². The van der Waals surface area contributed by atoms with Crippen molar-refractivity contribution in [3.05, 3.63) is 29.8 Å². The van der Waals surface area contributed by atoms with E-state index in [1.165, 1.54) is 0 Å². The second-order valence-electron chi connectivity index (χ2n) is 5.58. The summed E-state index contributed by atoms with van der Waals surface area (Å²) in [4.78, 5) is 13.8. The van der Waals surface area contributed by atoms with E-state index in [0.717, 1.165) is 22.7 Å². The van der Waals surface area contributed by atoms with E-state index in [1.807, 2.05) is 30.7 Å². The summed E-state index contributed by atoms with van der Waals surface area (Å²) >= 11 is 0. The van der Waals surface area contributed by atoms with Crippen LogP contribution in [0.4, 0.5) is 4.79 Å². The summed E-state index contributed by atoms with van der Waals surface area (Å²) < 4.78 is 12.6. The van der Waals surface area contributed by atoms with Crippen LogP contribution in [0.1, 0.15) is 11.4 Å². The van der Waals surface area contributed by atoms with Crippen LogP contribution in [0.25, 0.3) is 11.3 Å². The van der Waals surface area contributed by atoms with Crippen molar-refractivity contribution in [2.24, 2.45) is 0 Å². The van der Waals surface area contributed by atoms with Crippen LogP contribution in [0.2, 0.25) is 0 Å². The molecule has 3 rings (SSSR count). The van der Waals surface area contributed by atoms with Gasteiger partial charge in [-0.1, -0.05) is 0 Å². The van der Waals surface area contributed by atoms with Crippen molar-refractivity contribution in [1.82, 2.24) is 20.0 Å². The van der Waals surface area contributed by atoms with Crippen molar-refractivity contribution in [2.75, 3.05) is 32.8 Å². The van der Waals surface area contributed by atoms with Gasteiger partial charge in [-0.25, -0.2) is 4.79 Å². The first-order valence-corrected chi connectivity index (χ1v) is 7.85. The molecule has 1 N–H and O–H groups in total. The molecular formula is C16H22N4O3. The Labute approximate surface area is 135 Å². The highest BCUT2D eigenvalue weighted by molar-refractivity contribution is 5.74. The molecule has 7 nitrogen and oxygen atoms in total. The normalized spacial score (nSPS) is 15.0. The number of ether oxygens (including phenoxy) is 1. The average molecular weight is 318 g/mol. The standard InChI is InChI=1S/C16H22N4O3/c1-12-15(14-4-3-9-23-14)13(2)20(18-12)6-5-17-16(21)19-7-10-22-11-8-19/h3-4,9H,5-8,10-11H2,1-2H3,(H,17,21). The Morgan fingerprint density at radius 2 is 2.13 bits per heavy atom. The lowest BCUT2D eigenvalue weighted by molar-refractivity contribution is 0.0532. The van der Waals surface area contributed by atoms with Crippen LogP contribution in [0.3, 0.4) is 0 Å². The Morgan fingerprint density at radius 1 is 1.35 bits per heavy atom. The van der Waals surface area contributed by atoms with Gasteiger partial charge in [0.2, 0.25) is 0 Å². The van der Waals surface area contributed by atoms with Gasteiger partial charge in [-0.15, -0.1) is 0 Å². The Balaban J connectivity index is 1.58. The Kier molecular flexibility index (Phi) is 4.66. The molecule has 23 heavy (non-hydrogen) atoms. The summed E-state index contributed by atoms with van der Waals surface area (Å²) in [5.74, 6) is 0.823. The molecule has 0 aromatic carbocycles. The summed E-state index contributed by atoms with van der Waals surface area (Å²) in [5, 5.41) is 7.49. The topological polar surface area (TPSA) is 72.5 Å². The first-order valence-electron chi connectivity index (χ1n) is 7.85. The van der Waals surface area contributed by atoms with Crippen LogP contribution < -0.4 is 5.32 Å². The summed E-state index contributed by atoms with van der Waals surface area (Å²) in [6.07, 6.45) is 1.66. The maximum Gasteiger partial charge on any atom is 0.317 e. The Bertz CT molecular complexity index is 657. The van der Waals surface area contributed by atoms with Crippen molar-refractivity contribution in [2.45, 2.75) is 20.4 Å². The number of morpholine rings is 1. The summed E-state index contributed by atoms with van der Waals surface area (Å²) in [6, 6.07) is 3.76. The SMILES string of the molecule is Cc1nn(CCNC(=O)N2CCOCC2)c(C)c1-c1ccco1. The molecule has 1 saturated heterocycles. The van der Waals surface area contributed by atoms with Crippen LogP contribution >= 0.6 is 0 Å². The number of hydrogen-bond acceptors (Lipinski definition) is 4. The molecule has 0 atom stereocenters. The minimum absolute atomic E-state index is 0.0407. The maximum absolute atomic E-state index is 12.0. The number of rotatable bonds is 4. The van der Waals surface area contributed by atoms with Gasteiger partial charge in [0.25, 0.3) is 0 Å². The van der Waals surface area contributed by atoms with Gasteiger partial charge in [-0.2, -0.15) is 5.10 Å². The number of carbonyl (C=O) groups is 1. The monoisotopic (exact) mass is 318 g/mol. The lowest BCUT2D eigenvalue weighted by atomic mass is 10.1. The third-order valence-electron chi connectivity index (χ3n) is 4.05. The van der Waals surface area contributed by atoms with Crippen LogP contribution in [0.15, 0.2) is 22.8 Å². The number of urea groups is 1. The van der Waals surface area contributed by atoms with Gasteiger partial charge in [0.15, 0.2) is 0 Å². The molecule has 124 valence electrons. The predicted molar refractivity (Wildman–Crippen MR) is 85.2 cm³/mol. The molecule has 0 spiro atoms. The minimum atomic E-state index is -0.0407. The highest BCUT2D eigenvalue weighted by Crippen LogP contribution is 2.26. The van der Waals surface area contributed by atoms with E-state index >= 15 is 0 Å². The number of hydrogen-bond donors (Lipinski definition) is 1. The van der Waals surface area contributed by atoms with Crippen molar-refractivity contribution in [3.8, 4) is 11.3 Å². The lowest BCUT2D eigenvalue weighted by Gasteiger charge is -2.26. The second-order valence-corrected chi connectivity index (χ2v) is 5.58. The Hall–Kier alpha value is -2.28. The van der Waals surface area contributed by atoms with Gasteiger partial charge in [0, 0.05) is 25.3 Å². The molecule has 0 bridgehead atoms. The van der Waals surface area contributed by atoms with E-state index in [9.17, 15) is 4.79 Å². The molecule has 0 saturated carbocycles. The molecule has 2 aromatic heterocycles. The van der Waals surface area contributed by atoms with E-state index in [1.54, 1.807) is 11.2 Å². The molecular weight excluding hydrogens is 296 g/mol. The molecule has 2 amide bonds. The lowest BCUT2D eigenvalue weighted by Crippen LogP contribution is -2.46. The highest BCUT2D eigenvalue weighted by Gasteiger charge is 2.17. The molecule has 2 aromatic rings. The second kappa shape index (κ2) is 6.87. The van der Waals surface area contributed by atoms with Crippen LogP contribution in [0.5, 0.6) is 0 Å². The van der Waals surface area contributed by atoms with E-state index < -0.39 is 0 Å². The fourth-order valence-electron chi connectivity index (χ4n) is 2.84. The third kappa shape index (κ3) is 3.39. The van der Waals surface area contributed by atoms with Gasteiger partial charge in [-0.3, -0.25) is 4.68 Å².